The van der Waals surface area contributed by atoms with Gasteiger partial charge in [0.2, 0.25) is 15.9 Å². The predicted octanol–water partition coefficient (Wildman–Crippen LogP) is 1.34. The molecule has 1 N–H and O–H groups in total. The Morgan fingerprint density at radius 3 is 2.46 bits per heavy atom. The lowest BCUT2D eigenvalue weighted by Crippen LogP contribution is -2.55. The second kappa shape index (κ2) is 7.11. The van der Waals surface area contributed by atoms with E-state index in [-0.39, 0.29) is 11.9 Å². The Bertz CT molecular complexity index is 700. The van der Waals surface area contributed by atoms with Crippen LogP contribution in [0.5, 0.6) is 0 Å². The van der Waals surface area contributed by atoms with E-state index in [0.717, 1.165) is 35.6 Å². The number of nitrogens with zero attached hydrogens (tertiary/aromatic N) is 2. The first-order valence-electron chi connectivity index (χ1n) is 8.49. The highest BCUT2D eigenvalue weighted by molar-refractivity contribution is 7.89. The minimum atomic E-state index is -3.46. The fraction of sp³-hybridized carbons (Fsp3) is 0.688. The number of thiophene rings is 1. The quantitative estimate of drug-likeness (QED) is 0.871. The van der Waals surface area contributed by atoms with Gasteiger partial charge in [-0.15, -0.1) is 11.3 Å². The van der Waals surface area contributed by atoms with Crippen molar-refractivity contribution in [3.63, 3.8) is 0 Å². The van der Waals surface area contributed by atoms with Gasteiger partial charge in [0, 0.05) is 35.9 Å². The number of rotatable bonds is 3. The fourth-order valence-electron chi connectivity index (χ4n) is 3.43. The van der Waals surface area contributed by atoms with Crippen molar-refractivity contribution in [1.29, 1.82) is 0 Å². The molecule has 0 saturated carbocycles. The number of sulfonamides is 1. The number of carbonyl (C=O) groups excluding carboxylic acids is 1. The first-order chi connectivity index (χ1) is 11.4. The minimum absolute atomic E-state index is 0.0938. The number of carbonyl (C=O) groups is 1. The molecule has 2 aliphatic heterocycles. The molecule has 8 heteroatoms. The number of nitrogens with one attached hydrogen (secondary N) is 1. The molecule has 2 fully saturated rings. The van der Waals surface area contributed by atoms with E-state index in [4.69, 9.17) is 0 Å². The molecular weight excluding hydrogens is 346 g/mol. The third kappa shape index (κ3) is 3.51. The van der Waals surface area contributed by atoms with Crippen molar-refractivity contribution in [3.8, 4) is 0 Å². The SMILES string of the molecule is Cc1cc(S(=O)(=O)N2CCN(C(=O)C3CCCCN3)CC2)c(C)s1. The average Bonchev–Trinajstić information content (AvgIpc) is 2.94. The van der Waals surface area contributed by atoms with Crippen LogP contribution in [0.3, 0.4) is 0 Å². The highest BCUT2D eigenvalue weighted by Crippen LogP contribution is 2.28. The minimum Gasteiger partial charge on any atom is -0.339 e. The Balaban J connectivity index is 1.64. The summed E-state index contributed by atoms with van der Waals surface area (Å²) in [6.45, 7) is 6.34. The van der Waals surface area contributed by atoms with Gasteiger partial charge in [-0.1, -0.05) is 6.42 Å². The van der Waals surface area contributed by atoms with Crippen LogP contribution in [0.4, 0.5) is 0 Å². The maximum absolute atomic E-state index is 12.8. The summed E-state index contributed by atoms with van der Waals surface area (Å²) in [5.74, 6) is 0.120. The van der Waals surface area contributed by atoms with Crippen LogP contribution in [0, 0.1) is 13.8 Å². The highest BCUT2D eigenvalue weighted by atomic mass is 32.2. The Labute approximate surface area is 147 Å². The molecule has 1 aromatic rings. The number of hydrogen-bond donors (Lipinski definition) is 1. The van der Waals surface area contributed by atoms with Gasteiger partial charge in [0.25, 0.3) is 0 Å². The van der Waals surface area contributed by atoms with Gasteiger partial charge in [-0.05, 0) is 39.3 Å². The zero-order valence-electron chi connectivity index (χ0n) is 14.2. The first kappa shape index (κ1) is 17.8. The van der Waals surface area contributed by atoms with Crippen LogP contribution in [0.25, 0.3) is 0 Å². The molecule has 24 heavy (non-hydrogen) atoms. The highest BCUT2D eigenvalue weighted by Gasteiger charge is 2.33. The Morgan fingerprint density at radius 2 is 1.92 bits per heavy atom. The number of amides is 1. The number of piperazine rings is 1. The van der Waals surface area contributed by atoms with E-state index in [1.807, 2.05) is 13.8 Å². The van der Waals surface area contributed by atoms with Gasteiger partial charge < -0.3 is 10.2 Å². The standard InChI is InChI=1S/C16H25N3O3S2/c1-12-11-15(13(2)23-12)24(21,22)19-9-7-18(8-10-19)16(20)14-5-3-4-6-17-14/h11,14,17H,3-10H2,1-2H3. The van der Waals surface area contributed by atoms with Crippen molar-refractivity contribution in [3.05, 3.63) is 15.8 Å². The van der Waals surface area contributed by atoms with Crippen LogP contribution in [-0.2, 0) is 14.8 Å². The van der Waals surface area contributed by atoms with Crippen molar-refractivity contribution in [2.75, 3.05) is 32.7 Å². The molecule has 2 saturated heterocycles. The van der Waals surface area contributed by atoms with Crippen molar-refractivity contribution in [2.24, 2.45) is 0 Å². The average molecular weight is 372 g/mol. The summed E-state index contributed by atoms with van der Waals surface area (Å²) in [6.07, 6.45) is 3.08. The van der Waals surface area contributed by atoms with Crippen LogP contribution in [0.1, 0.15) is 29.0 Å². The van der Waals surface area contributed by atoms with Gasteiger partial charge >= 0.3 is 0 Å². The third-order valence-corrected chi connectivity index (χ3v) is 7.89. The Morgan fingerprint density at radius 1 is 1.21 bits per heavy atom. The molecule has 3 rings (SSSR count). The topological polar surface area (TPSA) is 69.7 Å². The molecule has 6 nitrogen and oxygen atoms in total. The zero-order valence-corrected chi connectivity index (χ0v) is 15.9. The molecule has 1 amide bonds. The summed E-state index contributed by atoms with van der Waals surface area (Å²) < 4.78 is 27.1. The van der Waals surface area contributed by atoms with Gasteiger partial charge in [0.05, 0.1) is 10.9 Å². The van der Waals surface area contributed by atoms with E-state index in [1.54, 1.807) is 11.0 Å². The number of aryl methyl sites for hydroxylation is 2. The van der Waals surface area contributed by atoms with E-state index < -0.39 is 10.0 Å². The van der Waals surface area contributed by atoms with Crippen LogP contribution < -0.4 is 5.32 Å². The number of hydrogen-bond acceptors (Lipinski definition) is 5. The molecule has 3 heterocycles. The molecule has 0 radical (unpaired) electrons. The lowest BCUT2D eigenvalue weighted by Gasteiger charge is -2.36. The van der Waals surface area contributed by atoms with E-state index in [9.17, 15) is 13.2 Å². The second-order valence-corrected chi connectivity index (χ2v) is 9.88. The van der Waals surface area contributed by atoms with Gasteiger partial charge in [-0.2, -0.15) is 4.31 Å². The van der Waals surface area contributed by atoms with Crippen LogP contribution in [-0.4, -0.2) is 62.3 Å². The van der Waals surface area contributed by atoms with Crippen molar-refractivity contribution in [2.45, 2.75) is 44.0 Å². The smallest absolute Gasteiger partial charge is 0.244 e. The van der Waals surface area contributed by atoms with E-state index in [0.29, 0.717) is 31.1 Å². The summed E-state index contributed by atoms with van der Waals surface area (Å²) in [4.78, 5) is 16.6. The maximum Gasteiger partial charge on any atom is 0.244 e. The lowest BCUT2D eigenvalue weighted by atomic mass is 10.0. The maximum atomic E-state index is 12.8. The van der Waals surface area contributed by atoms with E-state index in [2.05, 4.69) is 5.32 Å². The van der Waals surface area contributed by atoms with Crippen LogP contribution >= 0.6 is 11.3 Å². The second-order valence-electron chi connectivity index (χ2n) is 6.51. The normalized spacial score (nSPS) is 23.4. The molecule has 2 aliphatic rings. The predicted molar refractivity (Wildman–Crippen MR) is 94.8 cm³/mol. The van der Waals surface area contributed by atoms with Gasteiger partial charge in [-0.25, -0.2) is 8.42 Å². The van der Waals surface area contributed by atoms with Crippen LogP contribution in [0.2, 0.25) is 0 Å². The molecule has 1 atom stereocenters. The van der Waals surface area contributed by atoms with Crippen molar-refractivity contribution < 1.29 is 13.2 Å². The summed E-state index contributed by atoms with van der Waals surface area (Å²) in [6, 6.07) is 1.65. The van der Waals surface area contributed by atoms with Crippen LogP contribution in [0.15, 0.2) is 11.0 Å². The monoisotopic (exact) mass is 371 g/mol. The summed E-state index contributed by atoms with van der Waals surface area (Å²) in [5, 5.41) is 3.27. The van der Waals surface area contributed by atoms with E-state index >= 15 is 0 Å². The van der Waals surface area contributed by atoms with Crippen molar-refractivity contribution in [1.82, 2.24) is 14.5 Å². The molecule has 0 bridgehead atoms. The summed E-state index contributed by atoms with van der Waals surface area (Å²) in [7, 11) is -3.46. The fourth-order valence-corrected chi connectivity index (χ4v) is 6.38. The van der Waals surface area contributed by atoms with Crippen molar-refractivity contribution >= 4 is 27.3 Å². The summed E-state index contributed by atoms with van der Waals surface area (Å²) in [5.41, 5.74) is 0. The molecule has 0 spiro atoms. The molecule has 134 valence electrons. The lowest BCUT2D eigenvalue weighted by molar-refractivity contribution is -0.135. The molecule has 0 aliphatic carbocycles. The molecular formula is C16H25N3O3S2. The Kier molecular flexibility index (Phi) is 5.29. The molecule has 1 aromatic heterocycles. The van der Waals surface area contributed by atoms with Gasteiger partial charge in [-0.3, -0.25) is 4.79 Å². The van der Waals surface area contributed by atoms with Gasteiger partial charge in [0.1, 0.15) is 0 Å². The zero-order chi connectivity index (χ0) is 17.3. The van der Waals surface area contributed by atoms with Gasteiger partial charge in [0.15, 0.2) is 0 Å². The molecule has 1 unspecified atom stereocenters. The largest absolute Gasteiger partial charge is 0.339 e. The third-order valence-electron chi connectivity index (χ3n) is 4.77. The number of piperidine rings is 1. The summed E-state index contributed by atoms with van der Waals surface area (Å²) >= 11 is 1.51. The molecule has 0 aromatic carbocycles. The van der Waals surface area contributed by atoms with E-state index in [1.165, 1.54) is 15.6 Å². The first-order valence-corrected chi connectivity index (χ1v) is 10.7. The Hall–Kier alpha value is -0.960.